The molecule has 1 aliphatic heterocycles. The van der Waals surface area contributed by atoms with E-state index in [-0.39, 0.29) is 11.8 Å². The van der Waals surface area contributed by atoms with Crippen LogP contribution in [0.1, 0.15) is 30.9 Å². The highest BCUT2D eigenvalue weighted by atomic mass is 16.2. The number of carbonyl (C=O) groups excluding carboxylic acids is 2. The predicted octanol–water partition coefficient (Wildman–Crippen LogP) is 2.88. The second-order valence-electron chi connectivity index (χ2n) is 6.41. The molecule has 1 aliphatic rings. The van der Waals surface area contributed by atoms with Gasteiger partial charge in [0, 0.05) is 19.5 Å². The van der Waals surface area contributed by atoms with Crippen molar-refractivity contribution in [2.45, 2.75) is 38.4 Å². The van der Waals surface area contributed by atoms with Crippen LogP contribution in [0.5, 0.6) is 0 Å². The van der Waals surface area contributed by atoms with E-state index in [2.05, 4.69) is 5.32 Å². The number of benzene rings is 2. The minimum atomic E-state index is -0.790. The fourth-order valence-electron chi connectivity index (χ4n) is 3.13. The summed E-state index contributed by atoms with van der Waals surface area (Å²) in [6.45, 7) is 2.80. The molecule has 1 heterocycles. The lowest BCUT2D eigenvalue weighted by atomic mass is 9.97. The van der Waals surface area contributed by atoms with Crippen molar-refractivity contribution in [3.05, 3.63) is 71.8 Å². The molecule has 0 aliphatic carbocycles. The Labute approximate surface area is 142 Å². The molecule has 1 saturated heterocycles. The molecule has 24 heavy (non-hydrogen) atoms. The Hall–Kier alpha value is -2.62. The van der Waals surface area contributed by atoms with Gasteiger partial charge in [0.15, 0.2) is 0 Å². The molecule has 2 amide bonds. The van der Waals surface area contributed by atoms with Gasteiger partial charge in [-0.1, -0.05) is 60.7 Å². The number of likely N-dealkylation sites (tertiary alicyclic amines) is 1. The smallest absolute Gasteiger partial charge is 0.245 e. The van der Waals surface area contributed by atoms with E-state index in [1.807, 2.05) is 67.6 Å². The van der Waals surface area contributed by atoms with Gasteiger partial charge in [-0.15, -0.1) is 0 Å². The van der Waals surface area contributed by atoms with E-state index in [4.69, 9.17) is 0 Å². The average molecular weight is 322 g/mol. The van der Waals surface area contributed by atoms with Crippen LogP contribution < -0.4 is 5.32 Å². The number of rotatable bonds is 5. The van der Waals surface area contributed by atoms with Gasteiger partial charge in [0.1, 0.15) is 5.54 Å². The summed E-state index contributed by atoms with van der Waals surface area (Å²) < 4.78 is 0. The van der Waals surface area contributed by atoms with Crippen molar-refractivity contribution in [1.82, 2.24) is 10.2 Å². The van der Waals surface area contributed by atoms with Gasteiger partial charge in [0.25, 0.3) is 0 Å². The van der Waals surface area contributed by atoms with Gasteiger partial charge in [-0.25, -0.2) is 0 Å². The topological polar surface area (TPSA) is 49.4 Å². The minimum Gasteiger partial charge on any atom is -0.350 e. The number of hydrogen-bond donors (Lipinski definition) is 1. The SMILES string of the molecule is C[C@@]1(C(=O)NCc2ccccc2)CCC(=O)N1Cc1ccccc1. The molecule has 0 spiro atoms. The lowest BCUT2D eigenvalue weighted by Gasteiger charge is -2.34. The fraction of sp³-hybridized carbons (Fsp3) is 0.300. The van der Waals surface area contributed by atoms with Crippen molar-refractivity contribution >= 4 is 11.8 Å². The molecular weight excluding hydrogens is 300 g/mol. The van der Waals surface area contributed by atoms with Crippen LogP contribution in [-0.2, 0) is 22.7 Å². The second kappa shape index (κ2) is 6.87. The third-order valence-electron chi connectivity index (χ3n) is 4.69. The van der Waals surface area contributed by atoms with Gasteiger partial charge in [-0.3, -0.25) is 9.59 Å². The Kier molecular flexibility index (Phi) is 4.65. The van der Waals surface area contributed by atoms with E-state index in [1.54, 1.807) is 4.90 Å². The molecule has 124 valence electrons. The zero-order valence-corrected chi connectivity index (χ0v) is 13.9. The van der Waals surface area contributed by atoms with Gasteiger partial charge in [0.05, 0.1) is 0 Å². The highest BCUT2D eigenvalue weighted by molar-refractivity contribution is 5.94. The largest absolute Gasteiger partial charge is 0.350 e. The lowest BCUT2D eigenvalue weighted by molar-refractivity contribution is -0.141. The molecule has 0 saturated carbocycles. The quantitative estimate of drug-likeness (QED) is 0.920. The first-order valence-corrected chi connectivity index (χ1v) is 8.26. The highest BCUT2D eigenvalue weighted by Crippen LogP contribution is 2.32. The van der Waals surface area contributed by atoms with Crippen molar-refractivity contribution in [1.29, 1.82) is 0 Å². The van der Waals surface area contributed by atoms with Crippen LogP contribution in [-0.4, -0.2) is 22.3 Å². The maximum absolute atomic E-state index is 12.8. The number of nitrogens with zero attached hydrogens (tertiary/aromatic N) is 1. The molecular formula is C20H22N2O2. The van der Waals surface area contributed by atoms with Crippen molar-refractivity contribution in [3.63, 3.8) is 0 Å². The van der Waals surface area contributed by atoms with Gasteiger partial charge in [0.2, 0.25) is 11.8 Å². The van der Waals surface area contributed by atoms with Crippen LogP contribution in [0.15, 0.2) is 60.7 Å². The molecule has 4 heteroatoms. The lowest BCUT2D eigenvalue weighted by Crippen LogP contribution is -2.53. The molecule has 2 aromatic rings. The molecule has 2 aromatic carbocycles. The summed E-state index contributed by atoms with van der Waals surface area (Å²) in [6, 6.07) is 19.6. The molecule has 0 unspecified atom stereocenters. The number of amides is 2. The Morgan fingerprint density at radius 3 is 2.25 bits per heavy atom. The Balaban J connectivity index is 1.71. The fourth-order valence-corrected chi connectivity index (χ4v) is 3.13. The summed E-state index contributed by atoms with van der Waals surface area (Å²) in [4.78, 5) is 26.8. The van der Waals surface area contributed by atoms with E-state index in [0.717, 1.165) is 11.1 Å². The molecule has 1 N–H and O–H groups in total. The number of carbonyl (C=O) groups is 2. The van der Waals surface area contributed by atoms with Crippen LogP contribution >= 0.6 is 0 Å². The number of hydrogen-bond acceptors (Lipinski definition) is 2. The Bertz CT molecular complexity index is 715. The van der Waals surface area contributed by atoms with Crippen LogP contribution in [0.3, 0.4) is 0 Å². The Morgan fingerprint density at radius 2 is 1.62 bits per heavy atom. The van der Waals surface area contributed by atoms with E-state index < -0.39 is 5.54 Å². The monoisotopic (exact) mass is 322 g/mol. The zero-order valence-electron chi connectivity index (χ0n) is 13.9. The zero-order chi connectivity index (χ0) is 17.0. The van der Waals surface area contributed by atoms with E-state index in [9.17, 15) is 9.59 Å². The van der Waals surface area contributed by atoms with Crippen molar-refractivity contribution in [2.24, 2.45) is 0 Å². The molecule has 1 atom stereocenters. The first-order chi connectivity index (χ1) is 11.6. The molecule has 3 rings (SSSR count). The van der Waals surface area contributed by atoms with E-state index in [1.165, 1.54) is 0 Å². The molecule has 0 radical (unpaired) electrons. The molecule has 0 aromatic heterocycles. The Morgan fingerprint density at radius 1 is 1.04 bits per heavy atom. The normalized spacial score (nSPS) is 20.2. The summed E-state index contributed by atoms with van der Waals surface area (Å²) in [6.07, 6.45) is 0.974. The predicted molar refractivity (Wildman–Crippen MR) is 92.9 cm³/mol. The van der Waals surface area contributed by atoms with Crippen LogP contribution in [0.25, 0.3) is 0 Å². The molecule has 0 bridgehead atoms. The second-order valence-corrected chi connectivity index (χ2v) is 6.41. The summed E-state index contributed by atoms with van der Waals surface area (Å²) in [5.41, 5.74) is 1.30. The summed E-state index contributed by atoms with van der Waals surface area (Å²) in [5, 5.41) is 2.98. The highest BCUT2D eigenvalue weighted by Gasteiger charge is 2.46. The molecule has 4 nitrogen and oxygen atoms in total. The summed E-state index contributed by atoms with van der Waals surface area (Å²) in [7, 11) is 0. The van der Waals surface area contributed by atoms with Crippen LogP contribution in [0, 0.1) is 0 Å². The number of nitrogens with one attached hydrogen (secondary N) is 1. The van der Waals surface area contributed by atoms with Gasteiger partial charge < -0.3 is 10.2 Å². The van der Waals surface area contributed by atoms with Crippen molar-refractivity contribution in [2.75, 3.05) is 0 Å². The molecule has 1 fully saturated rings. The van der Waals surface area contributed by atoms with E-state index >= 15 is 0 Å². The van der Waals surface area contributed by atoms with Gasteiger partial charge in [-0.2, -0.15) is 0 Å². The standard InChI is InChI=1S/C20H22N2O2/c1-20(19(24)21-14-16-8-4-2-5-9-16)13-12-18(23)22(20)15-17-10-6-3-7-11-17/h2-11H,12-15H2,1H3,(H,21,24)/t20-/m0/s1. The first-order valence-electron chi connectivity index (χ1n) is 8.26. The third kappa shape index (κ3) is 3.32. The summed E-state index contributed by atoms with van der Waals surface area (Å²) in [5.74, 6) is -0.0515. The van der Waals surface area contributed by atoms with Crippen molar-refractivity contribution < 1.29 is 9.59 Å². The minimum absolute atomic E-state index is 0.0382. The van der Waals surface area contributed by atoms with Gasteiger partial charge in [-0.05, 0) is 24.5 Å². The van der Waals surface area contributed by atoms with Gasteiger partial charge >= 0.3 is 0 Å². The summed E-state index contributed by atoms with van der Waals surface area (Å²) >= 11 is 0. The first kappa shape index (κ1) is 16.2. The van der Waals surface area contributed by atoms with Crippen molar-refractivity contribution in [3.8, 4) is 0 Å². The maximum Gasteiger partial charge on any atom is 0.245 e. The van der Waals surface area contributed by atoms with Crippen LogP contribution in [0.2, 0.25) is 0 Å². The van der Waals surface area contributed by atoms with Crippen LogP contribution in [0.4, 0.5) is 0 Å². The van der Waals surface area contributed by atoms with E-state index in [0.29, 0.717) is 25.9 Å². The third-order valence-corrected chi connectivity index (χ3v) is 4.69. The average Bonchev–Trinajstić information content (AvgIpc) is 2.91. The maximum atomic E-state index is 12.8.